The Balaban J connectivity index is 1.67. The predicted octanol–water partition coefficient (Wildman–Crippen LogP) is 4.36. The van der Waals surface area contributed by atoms with E-state index >= 15 is 0 Å². The van der Waals surface area contributed by atoms with Gasteiger partial charge in [0.2, 0.25) is 5.91 Å². The van der Waals surface area contributed by atoms with Crippen molar-refractivity contribution in [1.82, 2.24) is 4.98 Å². The van der Waals surface area contributed by atoms with E-state index in [1.165, 1.54) is 0 Å². The lowest BCUT2D eigenvalue weighted by molar-refractivity contribution is -0.114. The van der Waals surface area contributed by atoms with Crippen LogP contribution in [0.25, 0.3) is 10.9 Å². The number of halogens is 1. The summed E-state index contributed by atoms with van der Waals surface area (Å²) >= 11 is 3.46. The third-order valence-electron chi connectivity index (χ3n) is 3.53. The lowest BCUT2D eigenvalue weighted by atomic mass is 10.2. The van der Waals surface area contributed by atoms with Crippen LogP contribution in [0.15, 0.2) is 59.2 Å². The van der Waals surface area contributed by atoms with Crippen LogP contribution in [0.5, 0.6) is 0 Å². The van der Waals surface area contributed by atoms with Crippen molar-refractivity contribution in [2.75, 3.05) is 17.2 Å². The topological polar surface area (TPSA) is 54.0 Å². The number of para-hydroxylation sites is 1. The maximum atomic E-state index is 12.1. The van der Waals surface area contributed by atoms with Crippen LogP contribution in [0.4, 0.5) is 11.4 Å². The summed E-state index contributed by atoms with van der Waals surface area (Å²) in [5.74, 6) is -0.103. The lowest BCUT2D eigenvalue weighted by Crippen LogP contribution is -2.21. The molecule has 0 saturated carbocycles. The number of hydrogen-bond acceptors (Lipinski definition) is 3. The van der Waals surface area contributed by atoms with Gasteiger partial charge in [-0.25, -0.2) is 0 Å². The lowest BCUT2D eigenvalue weighted by Gasteiger charge is -2.10. The quantitative estimate of drug-likeness (QED) is 0.718. The molecule has 0 spiro atoms. The second-order valence-electron chi connectivity index (χ2n) is 5.25. The van der Waals surface area contributed by atoms with Gasteiger partial charge in [0.1, 0.15) is 0 Å². The molecular formula is C18H16BrN3O. The van der Waals surface area contributed by atoms with Crippen LogP contribution in [0.2, 0.25) is 0 Å². The van der Waals surface area contributed by atoms with Crippen LogP contribution in [-0.2, 0) is 4.79 Å². The van der Waals surface area contributed by atoms with Crippen molar-refractivity contribution in [2.24, 2.45) is 0 Å². The average molecular weight is 370 g/mol. The Morgan fingerprint density at radius 3 is 2.83 bits per heavy atom. The van der Waals surface area contributed by atoms with E-state index in [1.54, 1.807) is 6.20 Å². The van der Waals surface area contributed by atoms with Crippen LogP contribution in [0.3, 0.4) is 0 Å². The first-order chi connectivity index (χ1) is 11.1. The molecule has 0 atom stereocenters. The number of carbonyl (C=O) groups excluding carboxylic acids is 1. The number of aromatic nitrogens is 1. The summed E-state index contributed by atoms with van der Waals surface area (Å²) in [6.45, 7) is 2.19. The fourth-order valence-electron chi connectivity index (χ4n) is 2.30. The van der Waals surface area contributed by atoms with E-state index in [2.05, 4.69) is 31.5 Å². The second kappa shape index (κ2) is 6.79. The molecule has 1 heterocycles. The molecule has 4 nitrogen and oxygen atoms in total. The molecule has 1 amide bonds. The van der Waals surface area contributed by atoms with Crippen LogP contribution in [0.1, 0.15) is 5.56 Å². The van der Waals surface area contributed by atoms with Gasteiger partial charge in [-0.2, -0.15) is 0 Å². The Bertz CT molecular complexity index is 859. The molecule has 0 fully saturated rings. The van der Waals surface area contributed by atoms with Gasteiger partial charge >= 0.3 is 0 Å². The van der Waals surface area contributed by atoms with Gasteiger partial charge in [0, 0.05) is 21.7 Å². The normalized spacial score (nSPS) is 10.5. The number of amides is 1. The van der Waals surface area contributed by atoms with Gasteiger partial charge in [-0.15, -0.1) is 0 Å². The summed E-state index contributed by atoms with van der Waals surface area (Å²) in [4.78, 5) is 16.5. The first kappa shape index (κ1) is 15.5. The fourth-order valence-corrected chi connectivity index (χ4v) is 2.68. The minimum Gasteiger partial charge on any atom is -0.374 e. The van der Waals surface area contributed by atoms with Crippen molar-refractivity contribution in [3.05, 3.63) is 64.8 Å². The highest BCUT2D eigenvalue weighted by molar-refractivity contribution is 9.10. The summed E-state index contributed by atoms with van der Waals surface area (Å²) < 4.78 is 0.974. The van der Waals surface area contributed by atoms with E-state index in [0.29, 0.717) is 0 Å². The maximum absolute atomic E-state index is 12.1. The van der Waals surface area contributed by atoms with Crippen LogP contribution >= 0.6 is 15.9 Å². The zero-order valence-electron chi connectivity index (χ0n) is 12.6. The van der Waals surface area contributed by atoms with Gasteiger partial charge in [0.15, 0.2) is 0 Å². The predicted molar refractivity (Wildman–Crippen MR) is 97.7 cm³/mol. The Kier molecular flexibility index (Phi) is 4.57. The largest absolute Gasteiger partial charge is 0.374 e. The number of fused-ring (bicyclic) bond motifs is 1. The van der Waals surface area contributed by atoms with E-state index in [9.17, 15) is 4.79 Å². The first-order valence-electron chi connectivity index (χ1n) is 7.27. The SMILES string of the molecule is Cc1ccc(NC(=O)CNc2cccc3cccnc23)cc1Br. The van der Waals surface area contributed by atoms with E-state index in [0.717, 1.165) is 32.3 Å². The van der Waals surface area contributed by atoms with Gasteiger partial charge in [0.05, 0.1) is 17.7 Å². The van der Waals surface area contributed by atoms with Gasteiger partial charge < -0.3 is 10.6 Å². The number of hydrogen-bond donors (Lipinski definition) is 2. The minimum atomic E-state index is -0.103. The number of aryl methyl sites for hydroxylation is 1. The number of benzene rings is 2. The van der Waals surface area contributed by atoms with Crippen molar-refractivity contribution in [3.8, 4) is 0 Å². The first-order valence-corrected chi connectivity index (χ1v) is 8.06. The van der Waals surface area contributed by atoms with E-state index in [4.69, 9.17) is 0 Å². The smallest absolute Gasteiger partial charge is 0.243 e. The van der Waals surface area contributed by atoms with Crippen LogP contribution in [0, 0.1) is 6.92 Å². The molecule has 3 aromatic rings. The van der Waals surface area contributed by atoms with Gasteiger partial charge in [0.25, 0.3) is 0 Å². The molecular weight excluding hydrogens is 354 g/mol. The number of anilines is 2. The van der Waals surface area contributed by atoms with Crippen molar-refractivity contribution in [1.29, 1.82) is 0 Å². The highest BCUT2D eigenvalue weighted by Crippen LogP contribution is 2.22. The van der Waals surface area contributed by atoms with Crippen molar-refractivity contribution < 1.29 is 4.79 Å². The van der Waals surface area contributed by atoms with E-state index in [-0.39, 0.29) is 12.5 Å². The Hall–Kier alpha value is -2.40. The molecule has 0 bridgehead atoms. The van der Waals surface area contributed by atoms with Gasteiger partial charge in [-0.05, 0) is 36.8 Å². The molecule has 0 aliphatic rings. The van der Waals surface area contributed by atoms with Crippen LogP contribution < -0.4 is 10.6 Å². The molecule has 23 heavy (non-hydrogen) atoms. The van der Waals surface area contributed by atoms with Crippen molar-refractivity contribution in [3.63, 3.8) is 0 Å². The summed E-state index contributed by atoms with van der Waals surface area (Å²) in [7, 11) is 0. The average Bonchev–Trinajstić information content (AvgIpc) is 2.56. The zero-order valence-corrected chi connectivity index (χ0v) is 14.2. The Morgan fingerprint density at radius 2 is 2.00 bits per heavy atom. The number of rotatable bonds is 4. The van der Waals surface area contributed by atoms with E-state index < -0.39 is 0 Å². The molecule has 0 radical (unpaired) electrons. The van der Waals surface area contributed by atoms with Gasteiger partial charge in [-0.3, -0.25) is 9.78 Å². The molecule has 5 heteroatoms. The second-order valence-corrected chi connectivity index (χ2v) is 6.10. The number of carbonyl (C=O) groups is 1. The molecule has 0 saturated heterocycles. The highest BCUT2D eigenvalue weighted by atomic mass is 79.9. The molecule has 116 valence electrons. The monoisotopic (exact) mass is 369 g/mol. The molecule has 0 aliphatic heterocycles. The molecule has 1 aromatic heterocycles. The standard InChI is InChI=1S/C18H16BrN3O/c1-12-7-8-14(10-15(12)19)22-17(23)11-21-16-6-2-4-13-5-3-9-20-18(13)16/h2-10,21H,11H2,1H3,(H,22,23). The molecule has 2 aromatic carbocycles. The maximum Gasteiger partial charge on any atom is 0.243 e. The molecule has 2 N–H and O–H groups in total. The molecule has 0 unspecified atom stereocenters. The summed E-state index contributed by atoms with van der Waals surface area (Å²) in [6.07, 6.45) is 1.75. The Labute approximate surface area is 143 Å². The Morgan fingerprint density at radius 1 is 1.17 bits per heavy atom. The summed E-state index contributed by atoms with van der Waals surface area (Å²) in [5.41, 5.74) is 3.61. The van der Waals surface area contributed by atoms with Crippen molar-refractivity contribution >= 4 is 44.1 Å². The minimum absolute atomic E-state index is 0.103. The summed E-state index contributed by atoms with van der Waals surface area (Å²) in [5, 5.41) is 7.07. The van der Waals surface area contributed by atoms with Gasteiger partial charge in [-0.1, -0.05) is 40.2 Å². The number of nitrogens with one attached hydrogen (secondary N) is 2. The van der Waals surface area contributed by atoms with Crippen molar-refractivity contribution in [2.45, 2.75) is 6.92 Å². The van der Waals surface area contributed by atoms with E-state index in [1.807, 2.05) is 55.5 Å². The molecule has 0 aliphatic carbocycles. The number of pyridine rings is 1. The summed E-state index contributed by atoms with van der Waals surface area (Å²) in [6, 6.07) is 15.5. The fraction of sp³-hybridized carbons (Fsp3) is 0.111. The zero-order chi connectivity index (χ0) is 16.2. The number of nitrogens with zero attached hydrogens (tertiary/aromatic N) is 1. The van der Waals surface area contributed by atoms with Crippen LogP contribution in [-0.4, -0.2) is 17.4 Å². The highest BCUT2D eigenvalue weighted by Gasteiger charge is 2.06. The third-order valence-corrected chi connectivity index (χ3v) is 4.38. The molecule has 3 rings (SSSR count). The third kappa shape index (κ3) is 3.68.